The highest BCUT2D eigenvalue weighted by molar-refractivity contribution is 6.02. The molecule has 0 spiro atoms. The van der Waals surface area contributed by atoms with E-state index < -0.39 is 5.97 Å². The van der Waals surface area contributed by atoms with E-state index in [4.69, 9.17) is 0 Å². The lowest BCUT2D eigenvalue weighted by atomic mass is 10.1. The average molecular weight is 273 g/mol. The van der Waals surface area contributed by atoms with Gasteiger partial charge in [-0.2, -0.15) is 0 Å². The molecule has 1 saturated heterocycles. The van der Waals surface area contributed by atoms with Gasteiger partial charge in [0.05, 0.1) is 11.1 Å². The molecule has 106 valence electrons. The number of hydrogen-bond acceptors (Lipinski definition) is 3. The van der Waals surface area contributed by atoms with Crippen LogP contribution in [0.2, 0.25) is 0 Å². The number of nitrogens with one attached hydrogen (secondary N) is 1. The Morgan fingerprint density at radius 2 is 2.05 bits per heavy atom. The Hall–Kier alpha value is -1.85. The molecular formula is C15H19N3O2. The van der Waals surface area contributed by atoms with Gasteiger partial charge in [0, 0.05) is 44.3 Å². The zero-order valence-electron chi connectivity index (χ0n) is 11.6. The van der Waals surface area contributed by atoms with Crippen molar-refractivity contribution in [3.05, 3.63) is 35.5 Å². The van der Waals surface area contributed by atoms with Gasteiger partial charge in [-0.1, -0.05) is 12.1 Å². The number of likely N-dealkylation sites (N-methyl/N-ethyl adjacent to an activating group) is 1. The van der Waals surface area contributed by atoms with Crippen LogP contribution in [0.25, 0.3) is 10.9 Å². The third-order valence-corrected chi connectivity index (χ3v) is 4.02. The monoisotopic (exact) mass is 273 g/mol. The molecule has 5 nitrogen and oxygen atoms in total. The van der Waals surface area contributed by atoms with Gasteiger partial charge in [0.25, 0.3) is 0 Å². The highest BCUT2D eigenvalue weighted by Gasteiger charge is 2.17. The van der Waals surface area contributed by atoms with Crippen LogP contribution in [0, 0.1) is 0 Å². The van der Waals surface area contributed by atoms with Crippen molar-refractivity contribution in [1.29, 1.82) is 0 Å². The number of aromatic carboxylic acids is 1. The van der Waals surface area contributed by atoms with Crippen LogP contribution in [-0.4, -0.2) is 59.1 Å². The first-order valence-corrected chi connectivity index (χ1v) is 6.88. The highest BCUT2D eigenvalue weighted by Crippen LogP contribution is 2.23. The first-order valence-electron chi connectivity index (χ1n) is 6.88. The summed E-state index contributed by atoms with van der Waals surface area (Å²) in [6.45, 7) is 5.16. The number of carbonyl (C=O) groups is 1. The Morgan fingerprint density at radius 3 is 2.75 bits per heavy atom. The lowest BCUT2D eigenvalue weighted by Crippen LogP contribution is -2.43. The lowest BCUT2D eigenvalue weighted by molar-refractivity contribution is 0.0699. The molecule has 2 aromatic rings. The molecule has 5 heteroatoms. The molecule has 0 radical (unpaired) electrons. The summed E-state index contributed by atoms with van der Waals surface area (Å²) in [5.74, 6) is -0.886. The van der Waals surface area contributed by atoms with E-state index in [0.29, 0.717) is 5.56 Å². The molecular weight excluding hydrogens is 254 g/mol. The standard InChI is InChI=1S/C15H19N3O2/c1-17-5-7-18(8-6-17)10-11-9-16-14-12(11)3-2-4-13(14)15(19)20/h2-4,9,16H,5-8,10H2,1H3,(H,19,20). The number of piperazine rings is 1. The molecule has 0 amide bonds. The molecule has 3 rings (SSSR count). The summed E-state index contributed by atoms with van der Waals surface area (Å²) in [5.41, 5.74) is 2.24. The van der Waals surface area contributed by atoms with Crippen LogP contribution >= 0.6 is 0 Å². The van der Waals surface area contributed by atoms with Crippen molar-refractivity contribution in [3.8, 4) is 0 Å². The molecule has 0 aliphatic carbocycles. The highest BCUT2D eigenvalue weighted by atomic mass is 16.4. The summed E-state index contributed by atoms with van der Waals surface area (Å²) in [6, 6.07) is 5.44. The number of aromatic nitrogens is 1. The SMILES string of the molecule is CN1CCN(Cc2c[nH]c3c(C(=O)O)cccc23)CC1. The molecule has 2 N–H and O–H groups in total. The summed E-state index contributed by atoms with van der Waals surface area (Å²) in [5, 5.41) is 10.2. The fourth-order valence-electron chi connectivity index (χ4n) is 2.77. The second-order valence-corrected chi connectivity index (χ2v) is 5.43. The first kappa shape index (κ1) is 13.1. The van der Waals surface area contributed by atoms with Crippen LogP contribution in [0.4, 0.5) is 0 Å². The van der Waals surface area contributed by atoms with Crippen LogP contribution in [-0.2, 0) is 6.54 Å². The van der Waals surface area contributed by atoms with Gasteiger partial charge in [-0.05, 0) is 18.7 Å². The van der Waals surface area contributed by atoms with Crippen LogP contribution < -0.4 is 0 Å². The van der Waals surface area contributed by atoms with E-state index in [9.17, 15) is 9.90 Å². The number of H-pyrrole nitrogens is 1. The van der Waals surface area contributed by atoms with Crippen molar-refractivity contribution in [1.82, 2.24) is 14.8 Å². The van der Waals surface area contributed by atoms with Gasteiger partial charge in [-0.3, -0.25) is 4.90 Å². The van der Waals surface area contributed by atoms with Crippen molar-refractivity contribution in [2.24, 2.45) is 0 Å². The van der Waals surface area contributed by atoms with Crippen LogP contribution in [0.15, 0.2) is 24.4 Å². The number of benzene rings is 1. The van der Waals surface area contributed by atoms with Crippen molar-refractivity contribution >= 4 is 16.9 Å². The van der Waals surface area contributed by atoms with Crippen LogP contribution in [0.3, 0.4) is 0 Å². The fourth-order valence-corrected chi connectivity index (χ4v) is 2.77. The van der Waals surface area contributed by atoms with Gasteiger partial charge in [0.2, 0.25) is 0 Å². The summed E-state index contributed by atoms with van der Waals surface area (Å²) in [6.07, 6.45) is 1.94. The van der Waals surface area contributed by atoms with Gasteiger partial charge >= 0.3 is 5.97 Å². The molecule has 1 aliphatic heterocycles. The third-order valence-electron chi connectivity index (χ3n) is 4.02. The van der Waals surface area contributed by atoms with Crippen molar-refractivity contribution < 1.29 is 9.90 Å². The predicted octanol–water partition coefficient (Wildman–Crippen LogP) is 1.61. The number of hydrogen-bond donors (Lipinski definition) is 2. The second kappa shape index (κ2) is 5.26. The summed E-state index contributed by atoms with van der Waals surface area (Å²) in [7, 11) is 2.14. The third kappa shape index (κ3) is 2.42. The summed E-state index contributed by atoms with van der Waals surface area (Å²) >= 11 is 0. The molecule has 1 aromatic heterocycles. The fraction of sp³-hybridized carbons (Fsp3) is 0.400. The van der Waals surface area contributed by atoms with Crippen molar-refractivity contribution in [3.63, 3.8) is 0 Å². The lowest BCUT2D eigenvalue weighted by Gasteiger charge is -2.32. The number of rotatable bonds is 3. The number of aromatic amines is 1. The molecule has 1 aromatic carbocycles. The van der Waals surface area contributed by atoms with E-state index in [2.05, 4.69) is 21.8 Å². The minimum atomic E-state index is -0.886. The Kier molecular flexibility index (Phi) is 3.46. The maximum Gasteiger partial charge on any atom is 0.337 e. The normalized spacial score (nSPS) is 17.6. The summed E-state index contributed by atoms with van der Waals surface area (Å²) < 4.78 is 0. The Labute approximate surface area is 117 Å². The van der Waals surface area contributed by atoms with Crippen molar-refractivity contribution in [2.45, 2.75) is 6.54 Å². The number of carboxylic acid groups (broad SMARTS) is 1. The minimum absolute atomic E-state index is 0.340. The molecule has 20 heavy (non-hydrogen) atoms. The number of carboxylic acids is 1. The van der Waals surface area contributed by atoms with Gasteiger partial charge in [0.15, 0.2) is 0 Å². The van der Waals surface area contributed by atoms with E-state index in [-0.39, 0.29) is 0 Å². The Balaban J connectivity index is 1.86. The first-order chi connectivity index (χ1) is 9.65. The number of fused-ring (bicyclic) bond motifs is 1. The average Bonchev–Trinajstić information content (AvgIpc) is 2.84. The number of nitrogens with zero attached hydrogens (tertiary/aromatic N) is 2. The Bertz CT molecular complexity index is 627. The van der Waals surface area contributed by atoms with E-state index in [0.717, 1.165) is 43.6 Å². The number of para-hydroxylation sites is 1. The molecule has 0 unspecified atom stereocenters. The smallest absolute Gasteiger partial charge is 0.337 e. The maximum atomic E-state index is 11.2. The minimum Gasteiger partial charge on any atom is -0.478 e. The van der Waals surface area contributed by atoms with Crippen molar-refractivity contribution in [2.75, 3.05) is 33.2 Å². The largest absolute Gasteiger partial charge is 0.478 e. The Morgan fingerprint density at radius 1 is 1.30 bits per heavy atom. The van der Waals surface area contributed by atoms with E-state index in [1.54, 1.807) is 6.07 Å². The second-order valence-electron chi connectivity index (χ2n) is 5.43. The molecule has 2 heterocycles. The molecule has 0 atom stereocenters. The zero-order chi connectivity index (χ0) is 14.1. The topological polar surface area (TPSA) is 59.6 Å². The zero-order valence-corrected chi connectivity index (χ0v) is 11.6. The van der Waals surface area contributed by atoms with Crippen LogP contribution in [0.1, 0.15) is 15.9 Å². The molecule has 1 fully saturated rings. The quantitative estimate of drug-likeness (QED) is 0.892. The van der Waals surface area contributed by atoms with Gasteiger partial charge in [-0.15, -0.1) is 0 Å². The van der Waals surface area contributed by atoms with Gasteiger partial charge in [0.1, 0.15) is 0 Å². The maximum absolute atomic E-state index is 11.2. The molecule has 0 saturated carbocycles. The van der Waals surface area contributed by atoms with Gasteiger partial charge in [-0.25, -0.2) is 4.79 Å². The summed E-state index contributed by atoms with van der Waals surface area (Å²) in [4.78, 5) is 19.1. The predicted molar refractivity (Wildman–Crippen MR) is 78.0 cm³/mol. The van der Waals surface area contributed by atoms with Crippen LogP contribution in [0.5, 0.6) is 0 Å². The molecule has 1 aliphatic rings. The van der Waals surface area contributed by atoms with Gasteiger partial charge < -0.3 is 15.0 Å². The van der Waals surface area contributed by atoms with E-state index in [1.165, 1.54) is 5.56 Å². The molecule has 0 bridgehead atoms. The van der Waals surface area contributed by atoms with E-state index >= 15 is 0 Å². The van der Waals surface area contributed by atoms with E-state index in [1.807, 2.05) is 18.3 Å².